The summed E-state index contributed by atoms with van der Waals surface area (Å²) in [6, 6.07) is 4.62. The maximum Gasteiger partial charge on any atom is 0.129 e. The third-order valence-corrected chi connectivity index (χ3v) is 4.46. The SMILES string of the molecule is Clc1ccc([C@H](C2CCC2)N2CCNCC2)cn1. The zero-order valence-electron chi connectivity index (χ0n) is 10.6. The first kappa shape index (κ1) is 12.4. The quantitative estimate of drug-likeness (QED) is 0.851. The fourth-order valence-corrected chi connectivity index (χ4v) is 3.17. The molecule has 1 aromatic rings. The third kappa shape index (κ3) is 2.53. The van der Waals surface area contributed by atoms with E-state index in [-0.39, 0.29) is 0 Å². The predicted octanol–water partition coefficient (Wildman–Crippen LogP) is 2.48. The average molecular weight is 266 g/mol. The van der Waals surface area contributed by atoms with E-state index in [1.807, 2.05) is 12.3 Å². The number of nitrogens with zero attached hydrogens (tertiary/aromatic N) is 2. The van der Waals surface area contributed by atoms with E-state index in [2.05, 4.69) is 21.3 Å². The Morgan fingerprint density at radius 3 is 2.61 bits per heavy atom. The van der Waals surface area contributed by atoms with Gasteiger partial charge in [-0.25, -0.2) is 4.98 Å². The molecule has 1 atom stereocenters. The van der Waals surface area contributed by atoms with E-state index >= 15 is 0 Å². The standard InChI is InChI=1S/C14H20ClN3/c15-13-5-4-12(10-17-13)14(11-2-1-3-11)18-8-6-16-7-9-18/h4-5,10-11,14,16H,1-3,6-9H2/t14-/m0/s1. The Kier molecular flexibility index (Phi) is 3.83. The molecular formula is C14H20ClN3. The lowest BCUT2D eigenvalue weighted by atomic mass is 9.76. The minimum absolute atomic E-state index is 0.547. The summed E-state index contributed by atoms with van der Waals surface area (Å²) in [6.45, 7) is 4.49. The topological polar surface area (TPSA) is 28.2 Å². The molecular weight excluding hydrogens is 246 g/mol. The third-order valence-electron chi connectivity index (χ3n) is 4.23. The van der Waals surface area contributed by atoms with Crippen LogP contribution in [0.4, 0.5) is 0 Å². The summed E-state index contributed by atoms with van der Waals surface area (Å²) in [7, 11) is 0. The molecule has 18 heavy (non-hydrogen) atoms. The van der Waals surface area contributed by atoms with Crippen LogP contribution in [0.25, 0.3) is 0 Å². The molecule has 2 fully saturated rings. The maximum absolute atomic E-state index is 5.89. The second-order valence-electron chi connectivity index (χ2n) is 5.34. The van der Waals surface area contributed by atoms with Crippen molar-refractivity contribution in [3.8, 4) is 0 Å². The van der Waals surface area contributed by atoms with Crippen molar-refractivity contribution in [1.82, 2.24) is 15.2 Å². The van der Waals surface area contributed by atoms with Crippen LogP contribution in [-0.2, 0) is 0 Å². The maximum atomic E-state index is 5.89. The Balaban J connectivity index is 1.81. The van der Waals surface area contributed by atoms with E-state index in [1.165, 1.54) is 24.8 Å². The molecule has 2 heterocycles. The summed E-state index contributed by atoms with van der Waals surface area (Å²) in [4.78, 5) is 6.88. The van der Waals surface area contributed by atoms with E-state index in [4.69, 9.17) is 11.6 Å². The minimum atomic E-state index is 0.547. The van der Waals surface area contributed by atoms with Crippen molar-refractivity contribution in [2.45, 2.75) is 25.3 Å². The summed E-state index contributed by atoms with van der Waals surface area (Å²) in [5.74, 6) is 0.811. The molecule has 3 rings (SSSR count). The number of rotatable bonds is 3. The minimum Gasteiger partial charge on any atom is -0.314 e. The van der Waals surface area contributed by atoms with Crippen LogP contribution in [0.1, 0.15) is 30.9 Å². The van der Waals surface area contributed by atoms with Crippen LogP contribution in [0.2, 0.25) is 5.15 Å². The van der Waals surface area contributed by atoms with Crippen LogP contribution in [0.3, 0.4) is 0 Å². The summed E-state index contributed by atoms with van der Waals surface area (Å²) < 4.78 is 0. The zero-order valence-corrected chi connectivity index (χ0v) is 11.4. The molecule has 0 aromatic carbocycles. The Morgan fingerprint density at radius 1 is 1.28 bits per heavy atom. The van der Waals surface area contributed by atoms with Gasteiger partial charge in [0.05, 0.1) is 0 Å². The fourth-order valence-electron chi connectivity index (χ4n) is 3.06. The molecule has 0 amide bonds. The van der Waals surface area contributed by atoms with Crippen LogP contribution in [0, 0.1) is 5.92 Å². The molecule has 1 saturated carbocycles. The molecule has 0 bridgehead atoms. The zero-order chi connectivity index (χ0) is 12.4. The Morgan fingerprint density at radius 2 is 2.06 bits per heavy atom. The van der Waals surface area contributed by atoms with Crippen molar-refractivity contribution >= 4 is 11.6 Å². The number of hydrogen-bond acceptors (Lipinski definition) is 3. The Labute approximate surface area is 114 Å². The largest absolute Gasteiger partial charge is 0.314 e. The van der Waals surface area contributed by atoms with E-state index in [1.54, 1.807) is 0 Å². The number of pyridine rings is 1. The second kappa shape index (κ2) is 5.55. The lowest BCUT2D eigenvalue weighted by Gasteiger charge is -2.43. The highest BCUT2D eigenvalue weighted by atomic mass is 35.5. The molecule has 98 valence electrons. The van der Waals surface area contributed by atoms with Gasteiger partial charge in [-0.05, 0) is 30.4 Å². The van der Waals surface area contributed by atoms with Crippen molar-refractivity contribution in [2.75, 3.05) is 26.2 Å². The molecule has 1 aromatic heterocycles. The average Bonchev–Trinajstić information content (AvgIpc) is 2.36. The first-order valence-corrected chi connectivity index (χ1v) is 7.28. The van der Waals surface area contributed by atoms with Crippen molar-refractivity contribution in [2.24, 2.45) is 5.92 Å². The highest BCUT2D eigenvalue weighted by molar-refractivity contribution is 6.29. The molecule has 2 aliphatic rings. The van der Waals surface area contributed by atoms with Gasteiger partial charge in [-0.3, -0.25) is 4.90 Å². The number of halogens is 1. The first-order chi connectivity index (χ1) is 8.84. The molecule has 3 nitrogen and oxygen atoms in total. The van der Waals surface area contributed by atoms with Gasteiger partial charge in [0.2, 0.25) is 0 Å². The van der Waals surface area contributed by atoms with Crippen LogP contribution < -0.4 is 5.32 Å². The number of piperazine rings is 1. The summed E-state index contributed by atoms with van der Waals surface area (Å²) >= 11 is 5.89. The van der Waals surface area contributed by atoms with Crippen LogP contribution in [0.15, 0.2) is 18.3 Å². The lowest BCUT2D eigenvalue weighted by molar-refractivity contribution is 0.0835. The number of nitrogens with one attached hydrogen (secondary N) is 1. The van der Waals surface area contributed by atoms with E-state index < -0.39 is 0 Å². The highest BCUT2D eigenvalue weighted by Gasteiger charge is 2.33. The van der Waals surface area contributed by atoms with Crippen LogP contribution in [-0.4, -0.2) is 36.1 Å². The van der Waals surface area contributed by atoms with E-state index in [0.29, 0.717) is 11.2 Å². The molecule has 0 radical (unpaired) electrons. The molecule has 4 heteroatoms. The van der Waals surface area contributed by atoms with Gasteiger partial charge in [0.15, 0.2) is 0 Å². The van der Waals surface area contributed by atoms with Gasteiger partial charge in [-0.2, -0.15) is 0 Å². The summed E-state index contributed by atoms with van der Waals surface area (Å²) in [5.41, 5.74) is 1.34. The van der Waals surface area contributed by atoms with Gasteiger partial charge < -0.3 is 5.32 Å². The number of aromatic nitrogens is 1. The van der Waals surface area contributed by atoms with E-state index in [9.17, 15) is 0 Å². The first-order valence-electron chi connectivity index (χ1n) is 6.91. The highest BCUT2D eigenvalue weighted by Crippen LogP contribution is 2.41. The Bertz CT molecular complexity index is 383. The lowest BCUT2D eigenvalue weighted by Crippen LogP contribution is -2.47. The smallest absolute Gasteiger partial charge is 0.129 e. The van der Waals surface area contributed by atoms with Crippen molar-refractivity contribution < 1.29 is 0 Å². The monoisotopic (exact) mass is 265 g/mol. The molecule has 1 aliphatic heterocycles. The Hall–Kier alpha value is -0.640. The summed E-state index contributed by atoms with van der Waals surface area (Å²) in [6.07, 6.45) is 6.07. The van der Waals surface area contributed by atoms with Crippen molar-refractivity contribution in [3.63, 3.8) is 0 Å². The normalized spacial score (nSPS) is 23.6. The van der Waals surface area contributed by atoms with E-state index in [0.717, 1.165) is 32.1 Å². The van der Waals surface area contributed by atoms with Gasteiger partial charge in [-0.15, -0.1) is 0 Å². The van der Waals surface area contributed by atoms with Crippen LogP contribution in [0.5, 0.6) is 0 Å². The molecule has 1 aliphatic carbocycles. The molecule has 0 unspecified atom stereocenters. The molecule has 1 saturated heterocycles. The fraction of sp³-hybridized carbons (Fsp3) is 0.643. The van der Waals surface area contributed by atoms with Crippen molar-refractivity contribution in [3.05, 3.63) is 29.0 Å². The predicted molar refractivity (Wildman–Crippen MR) is 73.8 cm³/mol. The van der Waals surface area contributed by atoms with Gasteiger partial charge in [-0.1, -0.05) is 24.1 Å². The van der Waals surface area contributed by atoms with Gasteiger partial charge in [0.25, 0.3) is 0 Å². The number of hydrogen-bond donors (Lipinski definition) is 1. The van der Waals surface area contributed by atoms with Crippen molar-refractivity contribution in [1.29, 1.82) is 0 Å². The van der Waals surface area contributed by atoms with Gasteiger partial charge in [0, 0.05) is 38.4 Å². The van der Waals surface area contributed by atoms with Crippen LogP contribution >= 0.6 is 11.6 Å². The summed E-state index contributed by atoms with van der Waals surface area (Å²) in [5, 5.41) is 4.02. The molecule has 0 spiro atoms. The molecule has 1 N–H and O–H groups in total. The van der Waals surface area contributed by atoms with Gasteiger partial charge >= 0.3 is 0 Å². The van der Waals surface area contributed by atoms with Gasteiger partial charge in [0.1, 0.15) is 5.15 Å². The second-order valence-corrected chi connectivity index (χ2v) is 5.72.